The molecule has 1 aromatic heterocycles. The van der Waals surface area contributed by atoms with Crippen molar-refractivity contribution in [2.24, 2.45) is 0 Å². The number of pyridine rings is 1. The fraction of sp³-hybridized carbons (Fsp3) is 0.312. The van der Waals surface area contributed by atoms with E-state index in [4.69, 9.17) is 5.73 Å². The van der Waals surface area contributed by atoms with Crippen LogP contribution in [-0.4, -0.2) is 18.3 Å². The Morgan fingerprint density at radius 2 is 2.00 bits per heavy atom. The average Bonchev–Trinajstić information content (AvgIpc) is 3.22. The number of halogens is 1. The quantitative estimate of drug-likeness (QED) is 0.882. The zero-order chi connectivity index (χ0) is 15.2. The molecule has 21 heavy (non-hydrogen) atoms. The van der Waals surface area contributed by atoms with Crippen LogP contribution < -0.4 is 11.0 Å². The van der Waals surface area contributed by atoms with Crippen molar-refractivity contribution in [3.63, 3.8) is 0 Å². The number of anilines is 1. The molecule has 2 aromatic rings. The van der Waals surface area contributed by atoms with Crippen LogP contribution in [0.2, 0.25) is 0 Å². The maximum Gasteiger partial charge on any atom is 0.132 e. The Balaban J connectivity index is 2.10. The summed E-state index contributed by atoms with van der Waals surface area (Å²) in [5.74, 6) is 0.175. The van der Waals surface area contributed by atoms with E-state index in [0.29, 0.717) is 28.2 Å². The van der Waals surface area contributed by atoms with Crippen molar-refractivity contribution < 1.29 is 8.96 Å². The molecule has 1 aliphatic rings. The van der Waals surface area contributed by atoms with Crippen molar-refractivity contribution in [3.05, 3.63) is 41.8 Å². The van der Waals surface area contributed by atoms with E-state index in [1.54, 1.807) is 31.5 Å². The molecule has 0 radical (unpaired) electrons. The third-order valence-electron chi connectivity index (χ3n) is 3.84. The summed E-state index contributed by atoms with van der Waals surface area (Å²) < 4.78 is 26.6. The number of hydrogen-bond acceptors (Lipinski definition) is 3. The molecule has 0 amide bonds. The highest BCUT2D eigenvalue weighted by Crippen LogP contribution is 2.42. The number of nitrogens with two attached hydrogens (primary N) is 1. The van der Waals surface area contributed by atoms with Gasteiger partial charge in [0.05, 0.1) is 11.4 Å². The first kappa shape index (κ1) is 14.3. The number of nitrogen functional groups attached to an aromatic ring is 1. The van der Waals surface area contributed by atoms with E-state index < -0.39 is 7.14 Å². The summed E-state index contributed by atoms with van der Waals surface area (Å²) in [6.45, 7) is 3.30. The molecule has 0 spiro atoms. The van der Waals surface area contributed by atoms with Crippen LogP contribution in [0.25, 0.3) is 11.3 Å². The zero-order valence-corrected chi connectivity index (χ0v) is 13.0. The van der Waals surface area contributed by atoms with Gasteiger partial charge in [-0.1, -0.05) is 6.07 Å². The molecule has 1 aromatic carbocycles. The summed E-state index contributed by atoms with van der Waals surface area (Å²) in [6, 6.07) is 6.87. The van der Waals surface area contributed by atoms with E-state index in [2.05, 4.69) is 4.98 Å². The van der Waals surface area contributed by atoms with E-state index in [1.165, 1.54) is 6.20 Å². The molecular formula is C16H18FN2OP. The van der Waals surface area contributed by atoms with Gasteiger partial charge < -0.3 is 10.3 Å². The second kappa shape index (κ2) is 4.96. The van der Waals surface area contributed by atoms with E-state index in [-0.39, 0.29) is 5.82 Å². The van der Waals surface area contributed by atoms with E-state index in [1.807, 2.05) is 6.07 Å². The van der Waals surface area contributed by atoms with Gasteiger partial charge in [-0.25, -0.2) is 4.39 Å². The highest BCUT2D eigenvalue weighted by Gasteiger charge is 2.25. The molecule has 3 nitrogen and oxygen atoms in total. The number of hydrogen-bond donors (Lipinski definition) is 1. The summed E-state index contributed by atoms with van der Waals surface area (Å²) in [7, 11) is -2.52. The molecular weight excluding hydrogens is 286 g/mol. The number of nitrogens with zero attached hydrogens (tertiary/aromatic N) is 1. The van der Waals surface area contributed by atoms with Gasteiger partial charge >= 0.3 is 0 Å². The Labute approximate surface area is 123 Å². The molecule has 2 N–H and O–H groups in total. The molecule has 0 bridgehead atoms. The van der Waals surface area contributed by atoms with E-state index in [0.717, 1.165) is 18.4 Å². The van der Waals surface area contributed by atoms with Crippen molar-refractivity contribution in [1.29, 1.82) is 0 Å². The molecule has 0 unspecified atom stereocenters. The zero-order valence-electron chi connectivity index (χ0n) is 12.1. The molecule has 1 heterocycles. The van der Waals surface area contributed by atoms with Crippen molar-refractivity contribution in [2.45, 2.75) is 18.8 Å². The smallest absolute Gasteiger partial charge is 0.132 e. The molecule has 0 saturated heterocycles. The Morgan fingerprint density at radius 1 is 1.29 bits per heavy atom. The van der Waals surface area contributed by atoms with Crippen LogP contribution in [0.1, 0.15) is 24.3 Å². The highest BCUT2D eigenvalue weighted by atomic mass is 31.2. The lowest BCUT2D eigenvalue weighted by Gasteiger charge is -2.14. The first-order chi connectivity index (χ1) is 9.88. The minimum absolute atomic E-state index is 0.309. The molecule has 0 atom stereocenters. The molecule has 0 aliphatic heterocycles. The molecule has 1 saturated carbocycles. The Bertz CT molecular complexity index is 750. The Morgan fingerprint density at radius 3 is 2.57 bits per heavy atom. The van der Waals surface area contributed by atoms with Crippen LogP contribution in [0.3, 0.4) is 0 Å². The van der Waals surface area contributed by atoms with E-state index >= 15 is 0 Å². The van der Waals surface area contributed by atoms with Crippen molar-refractivity contribution in [1.82, 2.24) is 4.98 Å². The fourth-order valence-electron chi connectivity index (χ4n) is 2.54. The first-order valence-corrected chi connectivity index (χ1v) is 9.58. The SMILES string of the molecule is CP(C)(=O)c1ccnc(-c2ccc(C3CC3)cc2F)c1N. The second-order valence-corrected chi connectivity index (χ2v) is 9.14. The van der Waals surface area contributed by atoms with Gasteiger partial charge in [-0.3, -0.25) is 4.98 Å². The van der Waals surface area contributed by atoms with Crippen LogP contribution in [0.15, 0.2) is 30.5 Å². The minimum Gasteiger partial charge on any atom is -0.396 e. The number of rotatable bonds is 3. The van der Waals surface area contributed by atoms with Crippen molar-refractivity contribution >= 4 is 18.1 Å². The predicted molar refractivity (Wildman–Crippen MR) is 85.1 cm³/mol. The third kappa shape index (κ3) is 2.73. The predicted octanol–water partition coefficient (Wildman–Crippen LogP) is 3.60. The lowest BCUT2D eigenvalue weighted by Crippen LogP contribution is -2.12. The minimum atomic E-state index is -2.52. The van der Waals surface area contributed by atoms with Crippen LogP contribution in [-0.2, 0) is 4.57 Å². The largest absolute Gasteiger partial charge is 0.396 e. The van der Waals surface area contributed by atoms with Crippen LogP contribution in [0.4, 0.5) is 10.1 Å². The van der Waals surface area contributed by atoms with Gasteiger partial charge in [0.25, 0.3) is 0 Å². The maximum absolute atomic E-state index is 14.4. The van der Waals surface area contributed by atoms with Gasteiger partial charge in [-0.2, -0.15) is 0 Å². The maximum atomic E-state index is 14.4. The van der Waals surface area contributed by atoms with Crippen LogP contribution in [0.5, 0.6) is 0 Å². The standard InChI is InChI=1S/C16H18FN2OP/c1-21(2,20)14-7-8-19-16(15(14)18)12-6-5-11(9-13(12)17)10-3-4-10/h5-10H,3-4,18H2,1-2H3. The number of aromatic nitrogens is 1. The number of benzene rings is 1. The topological polar surface area (TPSA) is 56.0 Å². The lowest BCUT2D eigenvalue weighted by atomic mass is 10.0. The van der Waals surface area contributed by atoms with Crippen molar-refractivity contribution in [2.75, 3.05) is 19.1 Å². The van der Waals surface area contributed by atoms with Gasteiger partial charge in [0.2, 0.25) is 0 Å². The molecule has 1 aliphatic carbocycles. The fourth-order valence-corrected chi connectivity index (χ4v) is 3.65. The summed E-state index contributed by atoms with van der Waals surface area (Å²) >= 11 is 0. The summed E-state index contributed by atoms with van der Waals surface area (Å²) in [6.07, 6.45) is 3.79. The Hall–Kier alpha value is -1.67. The summed E-state index contributed by atoms with van der Waals surface area (Å²) in [4.78, 5) is 4.19. The molecule has 1 fully saturated rings. The highest BCUT2D eigenvalue weighted by molar-refractivity contribution is 7.70. The van der Waals surface area contributed by atoms with E-state index in [9.17, 15) is 8.96 Å². The van der Waals surface area contributed by atoms with Gasteiger partial charge in [-0.05, 0) is 55.9 Å². The summed E-state index contributed by atoms with van der Waals surface area (Å²) in [5.41, 5.74) is 8.16. The molecule has 5 heteroatoms. The van der Waals surface area contributed by atoms with Crippen molar-refractivity contribution in [3.8, 4) is 11.3 Å². The van der Waals surface area contributed by atoms with Gasteiger partial charge in [-0.15, -0.1) is 0 Å². The lowest BCUT2D eigenvalue weighted by molar-refractivity contribution is 0.588. The van der Waals surface area contributed by atoms with Gasteiger partial charge in [0, 0.05) is 17.1 Å². The third-order valence-corrected chi connectivity index (χ3v) is 5.39. The summed E-state index contributed by atoms with van der Waals surface area (Å²) in [5, 5.41) is 0.554. The van der Waals surface area contributed by atoms with Crippen LogP contribution >= 0.6 is 7.14 Å². The molecule has 3 rings (SSSR count). The van der Waals surface area contributed by atoms with Gasteiger partial charge in [0.15, 0.2) is 0 Å². The Kier molecular flexibility index (Phi) is 3.37. The van der Waals surface area contributed by atoms with Gasteiger partial charge in [0.1, 0.15) is 13.0 Å². The normalized spacial score (nSPS) is 15.2. The monoisotopic (exact) mass is 304 g/mol. The average molecular weight is 304 g/mol. The first-order valence-electron chi connectivity index (χ1n) is 6.98. The van der Waals surface area contributed by atoms with Crippen LogP contribution in [0, 0.1) is 5.82 Å². The second-order valence-electron chi connectivity index (χ2n) is 5.96. The molecule has 110 valence electrons.